The van der Waals surface area contributed by atoms with Gasteiger partial charge in [-0.2, -0.15) is 4.31 Å². The molecule has 1 saturated heterocycles. The molecule has 2 aromatic carbocycles. The van der Waals surface area contributed by atoms with E-state index in [2.05, 4.69) is 12.2 Å². The number of sulfonamides is 1. The van der Waals surface area contributed by atoms with Crippen LogP contribution in [0.5, 0.6) is 0 Å². The van der Waals surface area contributed by atoms with Gasteiger partial charge < -0.3 is 14.8 Å². The van der Waals surface area contributed by atoms with Crippen LogP contribution in [0.4, 0.5) is 5.69 Å². The van der Waals surface area contributed by atoms with Crippen molar-refractivity contribution in [3.8, 4) is 0 Å². The minimum atomic E-state index is -3.76. The number of methoxy groups -OCH3 is 2. The van der Waals surface area contributed by atoms with Crippen LogP contribution in [0.15, 0.2) is 41.3 Å². The zero-order valence-corrected chi connectivity index (χ0v) is 20.4. The van der Waals surface area contributed by atoms with E-state index in [1.807, 2.05) is 0 Å². The van der Waals surface area contributed by atoms with Crippen LogP contribution >= 0.6 is 0 Å². The highest BCUT2D eigenvalue weighted by molar-refractivity contribution is 7.89. The number of carbonyl (C=O) groups excluding carboxylic acids is 3. The molecule has 2 aromatic rings. The molecular formula is C24H28N2O7S. The van der Waals surface area contributed by atoms with E-state index >= 15 is 0 Å². The number of rotatable bonds is 6. The average molecular weight is 489 g/mol. The number of carbonyl (C=O) groups is 3. The fraction of sp³-hybridized carbons (Fsp3) is 0.375. The first-order valence-corrected chi connectivity index (χ1v) is 12.2. The number of ether oxygens (including phenoxy) is 2. The van der Waals surface area contributed by atoms with Gasteiger partial charge in [0.1, 0.15) is 0 Å². The minimum absolute atomic E-state index is 0.0225. The van der Waals surface area contributed by atoms with Gasteiger partial charge in [-0.25, -0.2) is 18.0 Å². The smallest absolute Gasteiger partial charge is 0.339 e. The van der Waals surface area contributed by atoms with E-state index in [4.69, 9.17) is 9.47 Å². The summed E-state index contributed by atoms with van der Waals surface area (Å²) in [5.41, 5.74) is 0.876. The van der Waals surface area contributed by atoms with E-state index in [9.17, 15) is 22.8 Å². The molecule has 0 bridgehead atoms. The summed E-state index contributed by atoms with van der Waals surface area (Å²) in [6.07, 6.45) is 1.57. The molecular weight excluding hydrogens is 460 g/mol. The summed E-state index contributed by atoms with van der Waals surface area (Å²) in [6, 6.07) is 8.42. The van der Waals surface area contributed by atoms with Crippen LogP contribution < -0.4 is 5.32 Å². The highest BCUT2D eigenvalue weighted by Gasteiger charge is 2.29. The Balaban J connectivity index is 1.95. The van der Waals surface area contributed by atoms with Crippen LogP contribution in [-0.2, 0) is 19.5 Å². The molecule has 1 aliphatic rings. The SMILES string of the molecule is COC(=O)c1ccc(C(=O)OC)c(NC(=O)c2cc(S(=O)(=O)N3CCC(C)CC3)ccc2C)c1. The van der Waals surface area contributed by atoms with Gasteiger partial charge in [-0.3, -0.25) is 4.79 Å². The Morgan fingerprint density at radius 3 is 2.21 bits per heavy atom. The monoisotopic (exact) mass is 488 g/mol. The number of hydrogen-bond donors (Lipinski definition) is 1. The number of nitrogens with zero attached hydrogens (tertiary/aromatic N) is 1. The predicted molar refractivity (Wildman–Crippen MR) is 125 cm³/mol. The van der Waals surface area contributed by atoms with Gasteiger partial charge in [0.2, 0.25) is 10.0 Å². The molecule has 1 fully saturated rings. The van der Waals surface area contributed by atoms with Crippen molar-refractivity contribution in [2.45, 2.75) is 31.6 Å². The van der Waals surface area contributed by atoms with E-state index in [0.717, 1.165) is 12.8 Å². The number of amides is 1. The van der Waals surface area contributed by atoms with Crippen molar-refractivity contribution in [2.75, 3.05) is 32.6 Å². The van der Waals surface area contributed by atoms with Crippen LogP contribution in [0.3, 0.4) is 0 Å². The molecule has 1 N–H and O–H groups in total. The highest BCUT2D eigenvalue weighted by Crippen LogP contribution is 2.26. The Kier molecular flexibility index (Phi) is 7.73. The van der Waals surface area contributed by atoms with Gasteiger partial charge in [0.25, 0.3) is 5.91 Å². The van der Waals surface area contributed by atoms with Crippen molar-refractivity contribution in [2.24, 2.45) is 5.92 Å². The van der Waals surface area contributed by atoms with Gasteiger partial charge in [-0.1, -0.05) is 13.0 Å². The Morgan fingerprint density at radius 2 is 1.59 bits per heavy atom. The number of benzene rings is 2. The third kappa shape index (κ3) is 5.28. The second-order valence-electron chi connectivity index (χ2n) is 8.26. The zero-order valence-electron chi connectivity index (χ0n) is 19.6. The first-order valence-electron chi connectivity index (χ1n) is 10.8. The fourth-order valence-electron chi connectivity index (χ4n) is 3.75. The number of hydrogen-bond acceptors (Lipinski definition) is 7. The average Bonchev–Trinajstić information content (AvgIpc) is 2.83. The lowest BCUT2D eigenvalue weighted by molar-refractivity contribution is 0.0587. The van der Waals surface area contributed by atoms with Crippen molar-refractivity contribution in [3.63, 3.8) is 0 Å². The molecule has 34 heavy (non-hydrogen) atoms. The normalized spacial score (nSPS) is 14.9. The van der Waals surface area contributed by atoms with Crippen molar-refractivity contribution >= 4 is 33.6 Å². The first-order chi connectivity index (χ1) is 16.1. The van der Waals surface area contributed by atoms with Gasteiger partial charge in [0.05, 0.1) is 35.9 Å². The minimum Gasteiger partial charge on any atom is -0.465 e. The van der Waals surface area contributed by atoms with Gasteiger partial charge in [-0.15, -0.1) is 0 Å². The van der Waals surface area contributed by atoms with E-state index in [0.29, 0.717) is 24.6 Å². The van der Waals surface area contributed by atoms with E-state index in [-0.39, 0.29) is 27.3 Å². The number of esters is 2. The molecule has 0 aromatic heterocycles. The summed E-state index contributed by atoms with van der Waals surface area (Å²) >= 11 is 0. The standard InChI is InChI=1S/C24H28N2O7S/c1-15-9-11-26(12-10-15)34(30,31)18-7-5-16(2)20(14-18)22(27)25-21-13-17(23(28)32-3)6-8-19(21)24(29)33-4/h5-8,13-15H,9-12H2,1-4H3,(H,25,27). The fourth-order valence-corrected chi connectivity index (χ4v) is 5.25. The number of nitrogens with one attached hydrogen (secondary N) is 1. The summed E-state index contributed by atoms with van der Waals surface area (Å²) in [5, 5.41) is 2.61. The van der Waals surface area contributed by atoms with Crippen molar-refractivity contribution < 1.29 is 32.3 Å². The maximum Gasteiger partial charge on any atom is 0.339 e. The quantitative estimate of drug-likeness (QED) is 0.620. The molecule has 3 rings (SSSR count). The van der Waals surface area contributed by atoms with Crippen molar-refractivity contribution in [1.29, 1.82) is 0 Å². The molecule has 0 spiro atoms. The highest BCUT2D eigenvalue weighted by atomic mass is 32.2. The number of anilines is 1. The molecule has 1 aliphatic heterocycles. The van der Waals surface area contributed by atoms with Crippen LogP contribution in [0, 0.1) is 12.8 Å². The molecule has 10 heteroatoms. The molecule has 0 unspecified atom stereocenters. The lowest BCUT2D eigenvalue weighted by Gasteiger charge is -2.29. The first kappa shape index (κ1) is 25.4. The second-order valence-corrected chi connectivity index (χ2v) is 10.2. The molecule has 0 atom stereocenters. The zero-order chi connectivity index (χ0) is 25.0. The molecule has 182 valence electrons. The van der Waals surface area contributed by atoms with Crippen LogP contribution in [0.1, 0.15) is 56.4 Å². The van der Waals surface area contributed by atoms with Gasteiger partial charge >= 0.3 is 11.9 Å². The van der Waals surface area contributed by atoms with E-state index in [1.165, 1.54) is 48.9 Å². The molecule has 1 amide bonds. The summed E-state index contributed by atoms with van der Waals surface area (Å²) in [7, 11) is -1.35. The maximum absolute atomic E-state index is 13.2. The van der Waals surface area contributed by atoms with Gasteiger partial charge in [0, 0.05) is 18.7 Å². The summed E-state index contributed by atoms with van der Waals surface area (Å²) < 4.78 is 37.2. The summed E-state index contributed by atoms with van der Waals surface area (Å²) in [6.45, 7) is 4.64. The Bertz CT molecular complexity index is 1220. The predicted octanol–water partition coefficient (Wildman–Crippen LogP) is 3.24. The van der Waals surface area contributed by atoms with E-state index < -0.39 is 27.9 Å². The molecule has 0 radical (unpaired) electrons. The molecule has 0 saturated carbocycles. The van der Waals surface area contributed by atoms with Gasteiger partial charge in [-0.05, 0) is 61.6 Å². The lowest BCUT2D eigenvalue weighted by atomic mass is 10.0. The molecule has 9 nitrogen and oxygen atoms in total. The molecule has 1 heterocycles. The van der Waals surface area contributed by atoms with Crippen molar-refractivity contribution in [1.82, 2.24) is 4.31 Å². The van der Waals surface area contributed by atoms with E-state index in [1.54, 1.807) is 13.0 Å². The summed E-state index contributed by atoms with van der Waals surface area (Å²) in [4.78, 5) is 37.3. The Morgan fingerprint density at radius 1 is 0.941 bits per heavy atom. The Labute approximate surface area is 199 Å². The largest absolute Gasteiger partial charge is 0.465 e. The number of aryl methyl sites for hydroxylation is 1. The third-order valence-electron chi connectivity index (χ3n) is 5.93. The Hall–Kier alpha value is -3.24. The lowest BCUT2D eigenvalue weighted by Crippen LogP contribution is -2.38. The second kappa shape index (κ2) is 10.4. The molecule has 0 aliphatic carbocycles. The maximum atomic E-state index is 13.2. The third-order valence-corrected chi connectivity index (χ3v) is 7.82. The van der Waals surface area contributed by atoms with Crippen LogP contribution in [0.25, 0.3) is 0 Å². The topological polar surface area (TPSA) is 119 Å². The number of piperidine rings is 1. The summed E-state index contributed by atoms with van der Waals surface area (Å²) in [5.74, 6) is -1.52. The van der Waals surface area contributed by atoms with Crippen molar-refractivity contribution in [3.05, 3.63) is 58.7 Å². The van der Waals surface area contributed by atoms with Gasteiger partial charge in [0.15, 0.2) is 0 Å². The van der Waals surface area contributed by atoms with Crippen LogP contribution in [-0.4, -0.2) is 57.9 Å². The van der Waals surface area contributed by atoms with Crippen LogP contribution in [0.2, 0.25) is 0 Å².